The number of thiophene rings is 1. The first kappa shape index (κ1) is 8.72. The standard InChI is InChI=1S/C9H10N2S2/c1-7-5-10-9(12)11(7)6-8-3-2-4-13-8/h2-5H,6H2,1H3,(H,10,12). The van der Waals surface area contributed by atoms with Gasteiger partial charge in [-0.3, -0.25) is 0 Å². The fourth-order valence-corrected chi connectivity index (χ4v) is 2.20. The van der Waals surface area contributed by atoms with Gasteiger partial charge < -0.3 is 9.55 Å². The molecule has 0 amide bonds. The highest BCUT2D eigenvalue weighted by Crippen LogP contribution is 2.12. The zero-order valence-electron chi connectivity index (χ0n) is 7.28. The van der Waals surface area contributed by atoms with Crippen LogP contribution in [0.3, 0.4) is 0 Å². The summed E-state index contributed by atoms with van der Waals surface area (Å²) < 4.78 is 2.90. The highest BCUT2D eigenvalue weighted by molar-refractivity contribution is 7.71. The molecular formula is C9H10N2S2. The number of nitrogens with zero attached hydrogens (tertiary/aromatic N) is 1. The SMILES string of the molecule is Cc1c[nH]c(=S)n1Cc1cccs1. The molecule has 0 aliphatic heterocycles. The minimum atomic E-state index is 0.797. The van der Waals surface area contributed by atoms with Gasteiger partial charge in [-0.05, 0) is 30.6 Å². The Morgan fingerprint density at radius 1 is 1.62 bits per heavy atom. The van der Waals surface area contributed by atoms with Crippen LogP contribution < -0.4 is 0 Å². The van der Waals surface area contributed by atoms with Crippen molar-refractivity contribution in [2.45, 2.75) is 13.5 Å². The molecule has 0 aromatic carbocycles. The van der Waals surface area contributed by atoms with E-state index in [2.05, 4.69) is 34.0 Å². The normalized spacial score (nSPS) is 10.5. The molecule has 0 saturated carbocycles. The maximum absolute atomic E-state index is 5.16. The number of imidazole rings is 1. The van der Waals surface area contributed by atoms with Gasteiger partial charge in [0.15, 0.2) is 4.77 Å². The van der Waals surface area contributed by atoms with E-state index < -0.39 is 0 Å². The van der Waals surface area contributed by atoms with E-state index in [1.54, 1.807) is 11.3 Å². The Morgan fingerprint density at radius 3 is 3.00 bits per heavy atom. The van der Waals surface area contributed by atoms with Crippen molar-refractivity contribution in [3.63, 3.8) is 0 Å². The Morgan fingerprint density at radius 2 is 2.46 bits per heavy atom. The number of aromatic amines is 1. The van der Waals surface area contributed by atoms with Crippen LogP contribution in [0.1, 0.15) is 10.6 Å². The van der Waals surface area contributed by atoms with Gasteiger partial charge >= 0.3 is 0 Å². The third-order valence-corrected chi connectivity index (χ3v) is 3.17. The first-order chi connectivity index (χ1) is 6.27. The van der Waals surface area contributed by atoms with Crippen molar-refractivity contribution in [3.8, 4) is 0 Å². The summed E-state index contributed by atoms with van der Waals surface area (Å²) in [6, 6.07) is 4.18. The van der Waals surface area contributed by atoms with Crippen molar-refractivity contribution in [2.24, 2.45) is 0 Å². The van der Waals surface area contributed by atoms with Crippen molar-refractivity contribution in [1.82, 2.24) is 9.55 Å². The second kappa shape index (κ2) is 3.47. The van der Waals surface area contributed by atoms with Crippen LogP contribution in [0.2, 0.25) is 0 Å². The fraction of sp³-hybridized carbons (Fsp3) is 0.222. The van der Waals surface area contributed by atoms with Gasteiger partial charge in [-0.15, -0.1) is 11.3 Å². The van der Waals surface area contributed by atoms with Gasteiger partial charge in [-0.25, -0.2) is 0 Å². The molecule has 2 aromatic heterocycles. The van der Waals surface area contributed by atoms with Gasteiger partial charge in [-0.2, -0.15) is 0 Å². The predicted molar refractivity (Wildman–Crippen MR) is 57.8 cm³/mol. The van der Waals surface area contributed by atoms with E-state index in [4.69, 9.17) is 12.2 Å². The van der Waals surface area contributed by atoms with Crippen LogP contribution in [-0.4, -0.2) is 9.55 Å². The maximum Gasteiger partial charge on any atom is 0.177 e. The van der Waals surface area contributed by atoms with Crippen LogP contribution in [0.25, 0.3) is 0 Å². The fourth-order valence-electron chi connectivity index (χ4n) is 1.24. The Kier molecular flexibility index (Phi) is 2.33. The molecule has 0 aliphatic carbocycles. The summed E-state index contributed by atoms with van der Waals surface area (Å²) in [5.41, 5.74) is 1.18. The van der Waals surface area contributed by atoms with Gasteiger partial charge in [0.05, 0.1) is 6.54 Å². The Balaban J connectivity index is 2.33. The van der Waals surface area contributed by atoms with Gasteiger partial charge in [0.25, 0.3) is 0 Å². The minimum Gasteiger partial charge on any atom is -0.337 e. The second-order valence-electron chi connectivity index (χ2n) is 2.90. The number of nitrogens with one attached hydrogen (secondary N) is 1. The van der Waals surface area contributed by atoms with E-state index in [1.807, 2.05) is 6.20 Å². The van der Waals surface area contributed by atoms with Crippen molar-refractivity contribution >= 4 is 23.6 Å². The Labute approximate surface area is 85.9 Å². The summed E-state index contributed by atoms with van der Waals surface area (Å²) in [6.45, 7) is 2.94. The smallest absolute Gasteiger partial charge is 0.177 e. The summed E-state index contributed by atoms with van der Waals surface area (Å²) in [6.07, 6.45) is 1.94. The van der Waals surface area contributed by atoms with Crippen LogP contribution in [0.15, 0.2) is 23.7 Å². The average molecular weight is 210 g/mol. The monoisotopic (exact) mass is 210 g/mol. The molecule has 0 spiro atoms. The molecule has 0 atom stereocenters. The Hall–Kier alpha value is -0.870. The zero-order valence-corrected chi connectivity index (χ0v) is 8.91. The van der Waals surface area contributed by atoms with Crippen LogP contribution in [-0.2, 0) is 6.54 Å². The molecule has 4 heteroatoms. The maximum atomic E-state index is 5.16. The lowest BCUT2D eigenvalue weighted by Crippen LogP contribution is -1.99. The molecule has 1 N–H and O–H groups in total. The first-order valence-corrected chi connectivity index (χ1v) is 5.33. The van der Waals surface area contributed by atoms with E-state index in [-0.39, 0.29) is 0 Å². The summed E-state index contributed by atoms with van der Waals surface area (Å²) in [5, 5.41) is 2.08. The molecule has 13 heavy (non-hydrogen) atoms. The third-order valence-electron chi connectivity index (χ3n) is 1.97. The van der Waals surface area contributed by atoms with Gasteiger partial charge in [0.2, 0.25) is 0 Å². The first-order valence-electron chi connectivity index (χ1n) is 4.04. The largest absolute Gasteiger partial charge is 0.337 e. The molecule has 0 fully saturated rings. The van der Waals surface area contributed by atoms with Crippen molar-refractivity contribution in [2.75, 3.05) is 0 Å². The van der Waals surface area contributed by atoms with Gasteiger partial charge in [0, 0.05) is 16.8 Å². The second-order valence-corrected chi connectivity index (χ2v) is 4.32. The number of rotatable bonds is 2. The van der Waals surface area contributed by atoms with E-state index in [0.717, 1.165) is 11.3 Å². The summed E-state index contributed by atoms with van der Waals surface area (Å²) in [5.74, 6) is 0. The quantitative estimate of drug-likeness (QED) is 0.756. The molecule has 0 bridgehead atoms. The van der Waals surface area contributed by atoms with E-state index in [9.17, 15) is 0 Å². The van der Waals surface area contributed by atoms with Crippen LogP contribution in [0.4, 0.5) is 0 Å². The molecule has 2 heterocycles. The average Bonchev–Trinajstić information content (AvgIpc) is 2.70. The Bertz CT molecular complexity index is 436. The zero-order chi connectivity index (χ0) is 9.26. The number of aromatic nitrogens is 2. The van der Waals surface area contributed by atoms with Crippen molar-refractivity contribution in [3.05, 3.63) is 39.1 Å². The highest BCUT2D eigenvalue weighted by Gasteiger charge is 2.00. The number of aryl methyl sites for hydroxylation is 1. The molecule has 68 valence electrons. The van der Waals surface area contributed by atoms with Crippen molar-refractivity contribution in [1.29, 1.82) is 0 Å². The highest BCUT2D eigenvalue weighted by atomic mass is 32.1. The minimum absolute atomic E-state index is 0.797. The number of hydrogen-bond donors (Lipinski definition) is 1. The van der Waals surface area contributed by atoms with Crippen LogP contribution in [0.5, 0.6) is 0 Å². The molecular weight excluding hydrogens is 200 g/mol. The molecule has 2 aromatic rings. The topological polar surface area (TPSA) is 20.7 Å². The third kappa shape index (κ3) is 1.73. The van der Waals surface area contributed by atoms with E-state index in [1.165, 1.54) is 10.6 Å². The number of H-pyrrole nitrogens is 1. The number of hydrogen-bond acceptors (Lipinski definition) is 2. The molecule has 0 unspecified atom stereocenters. The van der Waals surface area contributed by atoms with Crippen molar-refractivity contribution < 1.29 is 0 Å². The molecule has 2 rings (SSSR count). The van der Waals surface area contributed by atoms with Gasteiger partial charge in [0.1, 0.15) is 0 Å². The van der Waals surface area contributed by atoms with E-state index in [0.29, 0.717) is 0 Å². The lowest BCUT2D eigenvalue weighted by molar-refractivity contribution is 0.768. The summed E-state index contributed by atoms with van der Waals surface area (Å²) in [4.78, 5) is 4.36. The van der Waals surface area contributed by atoms with E-state index >= 15 is 0 Å². The lowest BCUT2D eigenvalue weighted by atomic mass is 10.4. The summed E-state index contributed by atoms with van der Waals surface area (Å²) in [7, 11) is 0. The molecule has 2 nitrogen and oxygen atoms in total. The predicted octanol–water partition coefficient (Wildman–Crippen LogP) is 2.96. The molecule has 0 aliphatic rings. The molecule has 0 radical (unpaired) electrons. The molecule has 0 saturated heterocycles. The lowest BCUT2D eigenvalue weighted by Gasteiger charge is -2.01. The summed E-state index contributed by atoms with van der Waals surface area (Å²) >= 11 is 6.92. The van der Waals surface area contributed by atoms with Gasteiger partial charge in [-0.1, -0.05) is 6.07 Å². The van der Waals surface area contributed by atoms with Crippen LogP contribution >= 0.6 is 23.6 Å². The van der Waals surface area contributed by atoms with Crippen LogP contribution in [0, 0.1) is 11.7 Å².